The average Bonchev–Trinajstić information content (AvgIpc) is 3.09. The molecular formula is C28H22N2O3. The zero-order chi connectivity index (χ0) is 22.8. The predicted octanol–water partition coefficient (Wildman–Crippen LogP) is 5.64. The van der Waals surface area contributed by atoms with Crippen molar-refractivity contribution in [3.8, 4) is 5.75 Å². The van der Waals surface area contributed by atoms with E-state index in [2.05, 4.69) is 5.32 Å². The van der Waals surface area contributed by atoms with Gasteiger partial charge in [-0.2, -0.15) is 0 Å². The van der Waals surface area contributed by atoms with Crippen molar-refractivity contribution in [3.05, 3.63) is 108 Å². The fourth-order valence-corrected chi connectivity index (χ4v) is 4.13. The topological polar surface area (TPSA) is 58.6 Å². The lowest BCUT2D eigenvalue weighted by Gasteiger charge is -2.18. The van der Waals surface area contributed by atoms with E-state index in [-0.39, 0.29) is 11.6 Å². The van der Waals surface area contributed by atoms with Crippen molar-refractivity contribution in [2.75, 3.05) is 16.8 Å². The molecule has 0 bridgehead atoms. The number of anilines is 2. The van der Waals surface area contributed by atoms with Crippen LogP contribution in [0.15, 0.2) is 103 Å². The Morgan fingerprint density at radius 1 is 0.758 bits per heavy atom. The highest BCUT2D eigenvalue weighted by Crippen LogP contribution is 2.38. The first-order valence-electron chi connectivity index (χ1n) is 10.8. The number of fused-ring (bicyclic) bond motifs is 1. The van der Waals surface area contributed by atoms with Crippen LogP contribution in [-0.4, -0.2) is 18.4 Å². The van der Waals surface area contributed by atoms with E-state index in [4.69, 9.17) is 4.74 Å². The van der Waals surface area contributed by atoms with Gasteiger partial charge >= 0.3 is 0 Å². The highest BCUT2D eigenvalue weighted by Gasteiger charge is 2.41. The zero-order valence-electron chi connectivity index (χ0n) is 18.1. The van der Waals surface area contributed by atoms with Crippen molar-refractivity contribution in [1.82, 2.24) is 0 Å². The second-order valence-electron chi connectivity index (χ2n) is 7.61. The van der Waals surface area contributed by atoms with Gasteiger partial charge in [-0.05, 0) is 36.1 Å². The molecule has 1 heterocycles. The van der Waals surface area contributed by atoms with Crippen molar-refractivity contribution in [1.29, 1.82) is 0 Å². The van der Waals surface area contributed by atoms with E-state index < -0.39 is 5.91 Å². The van der Waals surface area contributed by atoms with Crippen molar-refractivity contribution in [3.63, 3.8) is 0 Å². The molecule has 4 aromatic carbocycles. The van der Waals surface area contributed by atoms with Gasteiger partial charge in [0.15, 0.2) is 0 Å². The number of amides is 2. The molecule has 33 heavy (non-hydrogen) atoms. The molecular weight excluding hydrogens is 412 g/mol. The van der Waals surface area contributed by atoms with Gasteiger partial charge in [-0.15, -0.1) is 0 Å². The second-order valence-corrected chi connectivity index (χ2v) is 7.61. The van der Waals surface area contributed by atoms with Crippen LogP contribution in [0.5, 0.6) is 5.75 Å². The lowest BCUT2D eigenvalue weighted by atomic mass is 10.0. The third-order valence-electron chi connectivity index (χ3n) is 5.60. The number of rotatable bonds is 6. The first kappa shape index (κ1) is 20.5. The summed E-state index contributed by atoms with van der Waals surface area (Å²) in [6, 6.07) is 30.0. The zero-order valence-corrected chi connectivity index (χ0v) is 18.1. The molecule has 0 aliphatic carbocycles. The molecule has 0 radical (unpaired) electrons. The highest BCUT2D eigenvalue weighted by molar-refractivity contribution is 6.47. The molecule has 0 atom stereocenters. The van der Waals surface area contributed by atoms with E-state index in [1.54, 1.807) is 6.07 Å². The summed E-state index contributed by atoms with van der Waals surface area (Å²) in [6.45, 7) is 2.39. The Hall–Kier alpha value is -4.38. The Kier molecular flexibility index (Phi) is 5.37. The number of para-hydroxylation sites is 2. The number of nitrogens with one attached hydrogen (secondary N) is 1. The van der Waals surface area contributed by atoms with E-state index >= 15 is 0 Å². The van der Waals surface area contributed by atoms with Gasteiger partial charge in [0, 0.05) is 5.39 Å². The summed E-state index contributed by atoms with van der Waals surface area (Å²) >= 11 is 0. The van der Waals surface area contributed by atoms with Gasteiger partial charge in [0.1, 0.15) is 11.4 Å². The van der Waals surface area contributed by atoms with E-state index in [1.165, 1.54) is 4.90 Å². The Bertz CT molecular complexity index is 1390. The fourth-order valence-electron chi connectivity index (χ4n) is 4.13. The standard InChI is InChI=1S/C28H22N2O3/c1-2-33-24-18-9-8-16-22(24)29-26-25(20-12-4-3-5-13-20)27(31)30(28(26)32)23-17-10-14-19-11-6-7-15-21(19)23/h3-18,29H,2H2,1H3. The van der Waals surface area contributed by atoms with Crippen LogP contribution in [0.4, 0.5) is 11.4 Å². The molecule has 1 aliphatic rings. The van der Waals surface area contributed by atoms with E-state index in [9.17, 15) is 9.59 Å². The maximum absolute atomic E-state index is 13.8. The number of hydrogen-bond donors (Lipinski definition) is 1. The molecule has 5 nitrogen and oxygen atoms in total. The molecule has 4 aromatic rings. The van der Waals surface area contributed by atoms with Crippen LogP contribution in [0.3, 0.4) is 0 Å². The summed E-state index contributed by atoms with van der Waals surface area (Å²) in [5, 5.41) is 5.01. The van der Waals surface area contributed by atoms with Gasteiger partial charge in [-0.1, -0.05) is 78.9 Å². The van der Waals surface area contributed by atoms with Gasteiger partial charge in [0.25, 0.3) is 11.8 Å². The Morgan fingerprint density at radius 2 is 1.45 bits per heavy atom. The minimum atomic E-state index is -0.401. The number of carbonyl (C=O) groups is 2. The quantitative estimate of drug-likeness (QED) is 0.399. The number of carbonyl (C=O) groups excluding carboxylic acids is 2. The maximum atomic E-state index is 13.8. The minimum absolute atomic E-state index is 0.228. The molecule has 0 fully saturated rings. The summed E-state index contributed by atoms with van der Waals surface area (Å²) in [7, 11) is 0. The molecule has 5 rings (SSSR count). The molecule has 5 heteroatoms. The number of ether oxygens (including phenoxy) is 1. The Labute approximate surface area is 191 Å². The maximum Gasteiger partial charge on any atom is 0.282 e. The van der Waals surface area contributed by atoms with Crippen molar-refractivity contribution in [2.45, 2.75) is 6.92 Å². The molecule has 2 amide bonds. The van der Waals surface area contributed by atoms with Crippen molar-refractivity contribution < 1.29 is 14.3 Å². The molecule has 0 saturated heterocycles. The van der Waals surface area contributed by atoms with E-state index in [0.717, 1.165) is 10.8 Å². The minimum Gasteiger partial charge on any atom is -0.492 e. The van der Waals surface area contributed by atoms with Crippen LogP contribution in [0.25, 0.3) is 16.3 Å². The molecule has 0 saturated carbocycles. The van der Waals surface area contributed by atoms with Crippen LogP contribution in [0, 0.1) is 0 Å². The van der Waals surface area contributed by atoms with Crippen LogP contribution >= 0.6 is 0 Å². The van der Waals surface area contributed by atoms with Gasteiger partial charge in [0.05, 0.1) is 23.6 Å². The molecule has 0 unspecified atom stereocenters. The number of imide groups is 1. The normalized spacial score (nSPS) is 13.7. The summed E-state index contributed by atoms with van der Waals surface area (Å²) in [4.78, 5) is 28.8. The fraction of sp³-hybridized carbons (Fsp3) is 0.0714. The first-order valence-corrected chi connectivity index (χ1v) is 10.8. The molecule has 162 valence electrons. The van der Waals surface area contributed by atoms with Gasteiger partial charge in [-0.3, -0.25) is 9.59 Å². The van der Waals surface area contributed by atoms with Gasteiger partial charge in [0.2, 0.25) is 0 Å². The van der Waals surface area contributed by atoms with Gasteiger partial charge < -0.3 is 10.1 Å². The number of hydrogen-bond acceptors (Lipinski definition) is 4. The SMILES string of the molecule is CCOc1ccccc1NC1=C(c2ccccc2)C(=O)N(c2cccc3ccccc23)C1=O. The second kappa shape index (κ2) is 8.63. The summed E-state index contributed by atoms with van der Waals surface area (Å²) in [6.07, 6.45) is 0. The van der Waals surface area contributed by atoms with Crippen molar-refractivity contribution >= 4 is 39.5 Å². The van der Waals surface area contributed by atoms with Crippen molar-refractivity contribution in [2.24, 2.45) is 0 Å². The summed E-state index contributed by atoms with van der Waals surface area (Å²) < 4.78 is 5.72. The van der Waals surface area contributed by atoms with Gasteiger partial charge in [-0.25, -0.2) is 4.90 Å². The number of nitrogens with zero attached hydrogens (tertiary/aromatic N) is 1. The molecule has 0 spiro atoms. The van der Waals surface area contributed by atoms with E-state index in [1.807, 2.05) is 97.9 Å². The monoisotopic (exact) mass is 434 g/mol. The Morgan fingerprint density at radius 3 is 2.27 bits per heavy atom. The lowest BCUT2D eigenvalue weighted by molar-refractivity contribution is -0.120. The third kappa shape index (κ3) is 3.64. The molecule has 1 aliphatic heterocycles. The predicted molar refractivity (Wildman–Crippen MR) is 131 cm³/mol. The highest BCUT2D eigenvalue weighted by atomic mass is 16.5. The largest absolute Gasteiger partial charge is 0.492 e. The van der Waals surface area contributed by atoms with Crippen LogP contribution in [-0.2, 0) is 9.59 Å². The summed E-state index contributed by atoms with van der Waals surface area (Å²) in [5.41, 5.74) is 2.43. The third-order valence-corrected chi connectivity index (χ3v) is 5.60. The van der Waals surface area contributed by atoms with Crippen LogP contribution in [0.2, 0.25) is 0 Å². The first-order chi connectivity index (χ1) is 16.2. The molecule has 0 aromatic heterocycles. The average molecular weight is 434 g/mol. The van der Waals surface area contributed by atoms with Crippen LogP contribution < -0.4 is 15.0 Å². The smallest absolute Gasteiger partial charge is 0.282 e. The molecule has 1 N–H and O–H groups in total. The number of benzene rings is 4. The Balaban J connectivity index is 1.65. The van der Waals surface area contributed by atoms with Crippen LogP contribution in [0.1, 0.15) is 12.5 Å². The van der Waals surface area contributed by atoms with E-state index in [0.29, 0.717) is 34.9 Å². The summed E-state index contributed by atoms with van der Waals surface area (Å²) in [5.74, 6) is -0.149. The lowest BCUT2D eigenvalue weighted by Crippen LogP contribution is -2.32.